The number of anilines is 1. The number of pyridine rings is 1. The Morgan fingerprint density at radius 1 is 1.48 bits per heavy atom. The number of benzene rings is 1. The van der Waals surface area contributed by atoms with Gasteiger partial charge in [0.15, 0.2) is 0 Å². The second kappa shape index (κ2) is 8.49. The van der Waals surface area contributed by atoms with Crippen molar-refractivity contribution in [2.75, 3.05) is 25.0 Å². The molecule has 2 N–H and O–H groups in total. The first-order valence-electron chi connectivity index (χ1n) is 8.88. The van der Waals surface area contributed by atoms with Crippen LogP contribution < -0.4 is 10.6 Å². The standard InChI is InChI=1S/C20H22ClN5O/c1-13-11-26(6-5-23-13)12-16-7-17(21)8-19(14(16)2)25-20(27)15-3-4-18(9-22)24-10-15/h3-4,7-8,10,13,23H,5-6,11-12H2,1-2H3,(H,25,27)/t13-/m0/s1. The van der Waals surface area contributed by atoms with Crippen LogP contribution in [-0.4, -0.2) is 41.5 Å². The molecule has 1 aromatic carbocycles. The first kappa shape index (κ1) is 19.3. The summed E-state index contributed by atoms with van der Waals surface area (Å²) in [5.41, 5.74) is 3.46. The lowest BCUT2D eigenvalue weighted by Gasteiger charge is -2.32. The molecular formula is C20H22ClN5O. The van der Waals surface area contributed by atoms with Crippen molar-refractivity contribution >= 4 is 23.2 Å². The van der Waals surface area contributed by atoms with Crippen LogP contribution in [0.25, 0.3) is 0 Å². The molecule has 0 unspecified atom stereocenters. The molecule has 0 bridgehead atoms. The third kappa shape index (κ3) is 4.83. The minimum atomic E-state index is -0.279. The number of halogens is 1. The molecule has 1 aromatic heterocycles. The highest BCUT2D eigenvalue weighted by Gasteiger charge is 2.18. The molecule has 0 saturated carbocycles. The number of nitriles is 1. The predicted octanol–water partition coefficient (Wildman–Crippen LogP) is 2.96. The quantitative estimate of drug-likeness (QED) is 0.848. The Hall–Kier alpha value is -2.46. The molecule has 0 spiro atoms. The zero-order valence-corrected chi connectivity index (χ0v) is 16.2. The fraction of sp³-hybridized carbons (Fsp3) is 0.350. The molecule has 0 aliphatic carbocycles. The second-order valence-electron chi connectivity index (χ2n) is 6.83. The van der Waals surface area contributed by atoms with Gasteiger partial charge in [-0.05, 0) is 49.2 Å². The van der Waals surface area contributed by atoms with Gasteiger partial charge in [0.05, 0.1) is 5.56 Å². The molecular weight excluding hydrogens is 362 g/mol. The lowest BCUT2D eigenvalue weighted by molar-refractivity contribution is 0.102. The van der Waals surface area contributed by atoms with Crippen molar-refractivity contribution in [2.45, 2.75) is 26.4 Å². The van der Waals surface area contributed by atoms with Crippen molar-refractivity contribution in [1.82, 2.24) is 15.2 Å². The minimum Gasteiger partial charge on any atom is -0.322 e. The average molecular weight is 384 g/mol. The Balaban J connectivity index is 1.78. The summed E-state index contributed by atoms with van der Waals surface area (Å²) in [7, 11) is 0. The Bertz CT molecular complexity index is 875. The molecule has 1 aliphatic heterocycles. The highest BCUT2D eigenvalue weighted by atomic mass is 35.5. The Labute approximate surface area is 164 Å². The molecule has 3 rings (SSSR count). The van der Waals surface area contributed by atoms with E-state index >= 15 is 0 Å². The molecule has 1 aliphatic rings. The first-order chi connectivity index (χ1) is 13.0. The fourth-order valence-electron chi connectivity index (χ4n) is 3.22. The zero-order chi connectivity index (χ0) is 19.4. The van der Waals surface area contributed by atoms with E-state index in [0.717, 1.165) is 37.3 Å². The number of carbonyl (C=O) groups is 1. The number of hydrogen-bond donors (Lipinski definition) is 2. The summed E-state index contributed by atoms with van der Waals surface area (Å²) >= 11 is 6.31. The lowest BCUT2D eigenvalue weighted by atomic mass is 10.0. The monoisotopic (exact) mass is 383 g/mol. The van der Waals surface area contributed by atoms with Gasteiger partial charge in [-0.15, -0.1) is 0 Å². The van der Waals surface area contributed by atoms with E-state index in [0.29, 0.717) is 22.3 Å². The number of hydrogen-bond acceptors (Lipinski definition) is 5. The third-order valence-corrected chi connectivity index (χ3v) is 4.93. The molecule has 2 heterocycles. The smallest absolute Gasteiger partial charge is 0.257 e. The van der Waals surface area contributed by atoms with Gasteiger partial charge in [0.25, 0.3) is 5.91 Å². The topological polar surface area (TPSA) is 81.0 Å². The van der Waals surface area contributed by atoms with Crippen LogP contribution in [0.4, 0.5) is 5.69 Å². The third-order valence-electron chi connectivity index (χ3n) is 4.72. The van der Waals surface area contributed by atoms with Crippen molar-refractivity contribution in [2.24, 2.45) is 0 Å². The summed E-state index contributed by atoms with van der Waals surface area (Å²) in [6.07, 6.45) is 1.40. The van der Waals surface area contributed by atoms with Crippen LogP contribution >= 0.6 is 11.6 Å². The summed E-state index contributed by atoms with van der Waals surface area (Å²) < 4.78 is 0. The molecule has 6 nitrogen and oxygen atoms in total. The van der Waals surface area contributed by atoms with E-state index in [1.54, 1.807) is 12.1 Å². The van der Waals surface area contributed by atoms with Gasteiger partial charge in [-0.2, -0.15) is 5.26 Å². The summed E-state index contributed by atoms with van der Waals surface area (Å²) in [5.74, 6) is -0.279. The minimum absolute atomic E-state index is 0.276. The van der Waals surface area contributed by atoms with E-state index < -0.39 is 0 Å². The van der Waals surface area contributed by atoms with Crippen LogP contribution in [0.1, 0.15) is 34.1 Å². The van der Waals surface area contributed by atoms with E-state index in [1.807, 2.05) is 19.1 Å². The highest BCUT2D eigenvalue weighted by molar-refractivity contribution is 6.31. The molecule has 1 saturated heterocycles. The number of aromatic nitrogens is 1. The maximum atomic E-state index is 12.5. The summed E-state index contributed by atoms with van der Waals surface area (Å²) in [4.78, 5) is 18.9. The van der Waals surface area contributed by atoms with Gasteiger partial charge in [0.1, 0.15) is 11.8 Å². The van der Waals surface area contributed by atoms with Crippen molar-refractivity contribution in [1.29, 1.82) is 5.26 Å². The van der Waals surface area contributed by atoms with E-state index in [1.165, 1.54) is 12.3 Å². The van der Waals surface area contributed by atoms with Gasteiger partial charge in [-0.3, -0.25) is 9.69 Å². The predicted molar refractivity (Wildman–Crippen MR) is 106 cm³/mol. The number of piperazine rings is 1. The van der Waals surface area contributed by atoms with Crippen LogP contribution in [0.15, 0.2) is 30.5 Å². The maximum absolute atomic E-state index is 12.5. The SMILES string of the molecule is Cc1c(CN2CCN[C@@H](C)C2)cc(Cl)cc1NC(=O)c1ccc(C#N)nc1. The number of rotatable bonds is 4. The van der Waals surface area contributed by atoms with E-state index in [9.17, 15) is 4.79 Å². The van der Waals surface area contributed by atoms with E-state index in [4.69, 9.17) is 16.9 Å². The highest BCUT2D eigenvalue weighted by Crippen LogP contribution is 2.26. The lowest BCUT2D eigenvalue weighted by Crippen LogP contribution is -2.48. The molecule has 0 radical (unpaired) electrons. The van der Waals surface area contributed by atoms with Crippen LogP contribution in [0.3, 0.4) is 0 Å². The molecule has 2 aromatic rings. The second-order valence-corrected chi connectivity index (χ2v) is 7.26. The summed E-state index contributed by atoms with van der Waals surface area (Å²) in [6.45, 7) is 7.88. The van der Waals surface area contributed by atoms with Gasteiger partial charge >= 0.3 is 0 Å². The van der Waals surface area contributed by atoms with Crippen LogP contribution in [0.5, 0.6) is 0 Å². The Kier molecular flexibility index (Phi) is 6.07. The van der Waals surface area contributed by atoms with Crippen LogP contribution in [0.2, 0.25) is 5.02 Å². The van der Waals surface area contributed by atoms with Crippen molar-refractivity contribution in [3.8, 4) is 6.07 Å². The first-order valence-corrected chi connectivity index (χ1v) is 9.26. The average Bonchev–Trinajstić information content (AvgIpc) is 2.65. The molecule has 1 atom stereocenters. The fourth-order valence-corrected chi connectivity index (χ4v) is 3.46. The maximum Gasteiger partial charge on any atom is 0.257 e. The number of carbonyl (C=O) groups excluding carboxylic acids is 1. The Morgan fingerprint density at radius 2 is 2.30 bits per heavy atom. The number of amides is 1. The van der Waals surface area contributed by atoms with Gasteiger partial charge in [0.2, 0.25) is 0 Å². The summed E-state index contributed by atoms with van der Waals surface area (Å²) in [6, 6.07) is 9.23. The number of nitrogens with zero attached hydrogens (tertiary/aromatic N) is 3. The van der Waals surface area contributed by atoms with Gasteiger partial charge < -0.3 is 10.6 Å². The van der Waals surface area contributed by atoms with Gasteiger partial charge in [0, 0.05) is 49.1 Å². The molecule has 140 valence electrons. The van der Waals surface area contributed by atoms with E-state index in [-0.39, 0.29) is 11.6 Å². The summed E-state index contributed by atoms with van der Waals surface area (Å²) in [5, 5.41) is 15.8. The molecule has 7 heteroatoms. The Morgan fingerprint density at radius 3 is 2.96 bits per heavy atom. The van der Waals surface area contributed by atoms with Crippen molar-refractivity contribution in [3.63, 3.8) is 0 Å². The van der Waals surface area contributed by atoms with Gasteiger partial charge in [-0.1, -0.05) is 11.6 Å². The number of nitrogens with one attached hydrogen (secondary N) is 2. The van der Waals surface area contributed by atoms with Crippen LogP contribution in [-0.2, 0) is 6.54 Å². The van der Waals surface area contributed by atoms with Crippen molar-refractivity contribution in [3.05, 3.63) is 57.9 Å². The van der Waals surface area contributed by atoms with E-state index in [2.05, 4.69) is 27.4 Å². The molecule has 1 fully saturated rings. The normalized spacial score (nSPS) is 17.3. The molecule has 27 heavy (non-hydrogen) atoms. The van der Waals surface area contributed by atoms with Gasteiger partial charge in [-0.25, -0.2) is 4.98 Å². The molecule has 1 amide bonds. The largest absolute Gasteiger partial charge is 0.322 e. The van der Waals surface area contributed by atoms with Crippen LogP contribution in [0, 0.1) is 18.3 Å². The van der Waals surface area contributed by atoms with Crippen molar-refractivity contribution < 1.29 is 4.79 Å². The zero-order valence-electron chi connectivity index (χ0n) is 15.4.